The standard InChI is InChI=1S/C29H21BrFNO4S/c1-35-25-14-18(15-26-28(33)32(29(34)37-26)16-20-8-3-5-12-24(20)31)13-23(30)27(25)36-17-21-10-6-9-19-7-2-4-11-22(19)21/h2-15H,16-17H2,1H3/b26-15-. The van der Waals surface area contributed by atoms with Gasteiger partial charge in [-0.3, -0.25) is 14.5 Å². The highest BCUT2D eigenvalue weighted by molar-refractivity contribution is 9.10. The average Bonchev–Trinajstić information content (AvgIpc) is 3.16. The van der Waals surface area contributed by atoms with Gasteiger partial charge in [0.15, 0.2) is 11.5 Å². The summed E-state index contributed by atoms with van der Waals surface area (Å²) in [5.74, 6) is 0.0783. The van der Waals surface area contributed by atoms with E-state index in [4.69, 9.17) is 9.47 Å². The molecule has 186 valence electrons. The summed E-state index contributed by atoms with van der Waals surface area (Å²) in [5.41, 5.74) is 1.97. The van der Waals surface area contributed by atoms with E-state index in [1.54, 1.807) is 43.5 Å². The first-order valence-electron chi connectivity index (χ1n) is 11.4. The molecule has 0 N–H and O–H groups in total. The largest absolute Gasteiger partial charge is 0.493 e. The van der Waals surface area contributed by atoms with E-state index < -0.39 is 17.0 Å². The van der Waals surface area contributed by atoms with Gasteiger partial charge in [0.05, 0.1) is 23.0 Å². The smallest absolute Gasteiger partial charge is 0.293 e. The highest BCUT2D eigenvalue weighted by atomic mass is 79.9. The molecule has 0 spiro atoms. The van der Waals surface area contributed by atoms with E-state index in [2.05, 4.69) is 34.1 Å². The second-order valence-electron chi connectivity index (χ2n) is 8.32. The summed E-state index contributed by atoms with van der Waals surface area (Å²) in [4.78, 5) is 26.7. The number of rotatable bonds is 7. The molecule has 4 aromatic rings. The van der Waals surface area contributed by atoms with Crippen molar-refractivity contribution in [2.75, 3.05) is 7.11 Å². The monoisotopic (exact) mass is 577 g/mol. The average molecular weight is 578 g/mol. The van der Waals surface area contributed by atoms with Crippen molar-refractivity contribution in [2.24, 2.45) is 0 Å². The number of imide groups is 1. The molecule has 0 aliphatic carbocycles. The molecule has 0 unspecified atom stereocenters. The van der Waals surface area contributed by atoms with Crippen molar-refractivity contribution in [3.8, 4) is 11.5 Å². The molecule has 5 nitrogen and oxygen atoms in total. The van der Waals surface area contributed by atoms with Gasteiger partial charge in [-0.1, -0.05) is 60.7 Å². The van der Waals surface area contributed by atoms with Gasteiger partial charge in [-0.05, 0) is 73.9 Å². The molecular weight excluding hydrogens is 557 g/mol. The molecule has 0 atom stereocenters. The number of fused-ring (bicyclic) bond motifs is 1. The minimum Gasteiger partial charge on any atom is -0.493 e. The van der Waals surface area contributed by atoms with E-state index in [0.717, 1.165) is 33.0 Å². The number of benzene rings is 4. The van der Waals surface area contributed by atoms with Crippen LogP contribution in [0.3, 0.4) is 0 Å². The molecular formula is C29H21BrFNO4S. The first kappa shape index (κ1) is 25.0. The van der Waals surface area contributed by atoms with Crippen LogP contribution < -0.4 is 9.47 Å². The minimum absolute atomic E-state index is 0.122. The van der Waals surface area contributed by atoms with Gasteiger partial charge in [-0.2, -0.15) is 0 Å². The minimum atomic E-state index is -0.468. The van der Waals surface area contributed by atoms with Crippen LogP contribution in [0.2, 0.25) is 0 Å². The van der Waals surface area contributed by atoms with Gasteiger partial charge in [0.1, 0.15) is 12.4 Å². The van der Waals surface area contributed by atoms with Crippen molar-refractivity contribution in [1.29, 1.82) is 0 Å². The quantitative estimate of drug-likeness (QED) is 0.212. The van der Waals surface area contributed by atoms with E-state index in [1.807, 2.05) is 24.3 Å². The molecule has 37 heavy (non-hydrogen) atoms. The molecule has 4 aromatic carbocycles. The van der Waals surface area contributed by atoms with Crippen LogP contribution in [0.5, 0.6) is 11.5 Å². The number of halogens is 2. The van der Waals surface area contributed by atoms with Crippen molar-refractivity contribution in [3.05, 3.63) is 111 Å². The number of hydrogen-bond acceptors (Lipinski definition) is 5. The van der Waals surface area contributed by atoms with Crippen LogP contribution in [0.1, 0.15) is 16.7 Å². The molecule has 0 aromatic heterocycles. The molecule has 0 radical (unpaired) electrons. The first-order chi connectivity index (χ1) is 17.9. The van der Waals surface area contributed by atoms with Crippen molar-refractivity contribution in [2.45, 2.75) is 13.2 Å². The summed E-state index contributed by atoms with van der Waals surface area (Å²) in [6.45, 7) is 0.216. The predicted octanol–water partition coefficient (Wildman–Crippen LogP) is 7.57. The summed E-state index contributed by atoms with van der Waals surface area (Å²) < 4.78 is 26.4. The zero-order valence-corrected chi connectivity index (χ0v) is 22.1. The number of nitrogens with zero attached hydrogens (tertiary/aromatic N) is 1. The molecule has 0 bridgehead atoms. The van der Waals surface area contributed by atoms with E-state index in [0.29, 0.717) is 28.1 Å². The van der Waals surface area contributed by atoms with Gasteiger partial charge >= 0.3 is 0 Å². The highest BCUT2D eigenvalue weighted by Crippen LogP contribution is 2.40. The van der Waals surface area contributed by atoms with Gasteiger partial charge in [-0.15, -0.1) is 0 Å². The summed E-state index contributed by atoms with van der Waals surface area (Å²) in [6, 6.07) is 23.8. The predicted molar refractivity (Wildman–Crippen MR) is 147 cm³/mol. The molecule has 1 aliphatic rings. The molecule has 1 fully saturated rings. The van der Waals surface area contributed by atoms with Crippen LogP contribution in [0.25, 0.3) is 16.8 Å². The number of methoxy groups -OCH3 is 1. The Bertz CT molecular complexity index is 1550. The highest BCUT2D eigenvalue weighted by Gasteiger charge is 2.35. The maximum atomic E-state index is 14.1. The fourth-order valence-corrected chi connectivity index (χ4v) is 5.53. The Morgan fingerprint density at radius 1 is 0.973 bits per heavy atom. The lowest BCUT2D eigenvalue weighted by molar-refractivity contribution is -0.123. The maximum absolute atomic E-state index is 14.1. The Hall–Kier alpha value is -3.62. The third-order valence-electron chi connectivity index (χ3n) is 5.96. The van der Waals surface area contributed by atoms with E-state index in [-0.39, 0.29) is 17.0 Å². The Morgan fingerprint density at radius 2 is 1.70 bits per heavy atom. The lowest BCUT2D eigenvalue weighted by Crippen LogP contribution is -2.27. The zero-order chi connectivity index (χ0) is 25.9. The van der Waals surface area contributed by atoms with E-state index in [9.17, 15) is 14.0 Å². The lowest BCUT2D eigenvalue weighted by Gasteiger charge is -2.15. The second kappa shape index (κ2) is 10.8. The van der Waals surface area contributed by atoms with Crippen LogP contribution in [-0.2, 0) is 17.9 Å². The summed E-state index contributed by atoms with van der Waals surface area (Å²) in [5, 5.41) is 1.80. The van der Waals surface area contributed by atoms with Gasteiger partial charge in [0, 0.05) is 5.56 Å². The topological polar surface area (TPSA) is 55.8 Å². The number of carbonyl (C=O) groups excluding carboxylic acids is 2. The maximum Gasteiger partial charge on any atom is 0.293 e. The van der Waals surface area contributed by atoms with Crippen LogP contribution in [0.15, 0.2) is 88.2 Å². The number of thioether (sulfide) groups is 1. The molecule has 1 saturated heterocycles. The molecule has 1 heterocycles. The van der Waals surface area contributed by atoms with E-state index >= 15 is 0 Å². The first-order valence-corrected chi connectivity index (χ1v) is 13.0. The fourth-order valence-electron chi connectivity index (χ4n) is 4.12. The molecule has 2 amide bonds. The Labute approximate surface area is 226 Å². The molecule has 0 saturated carbocycles. The number of carbonyl (C=O) groups is 2. The Morgan fingerprint density at radius 3 is 2.51 bits per heavy atom. The Kier molecular flexibility index (Phi) is 7.30. The lowest BCUT2D eigenvalue weighted by atomic mass is 10.1. The number of hydrogen-bond donors (Lipinski definition) is 0. The molecule has 5 rings (SSSR count). The summed E-state index contributed by atoms with van der Waals surface area (Å²) in [7, 11) is 1.54. The third-order valence-corrected chi connectivity index (χ3v) is 7.46. The fraction of sp³-hybridized carbons (Fsp3) is 0.103. The van der Waals surface area contributed by atoms with Crippen molar-refractivity contribution in [3.63, 3.8) is 0 Å². The summed E-state index contributed by atoms with van der Waals surface area (Å²) >= 11 is 4.38. The normalized spacial score (nSPS) is 14.6. The molecule has 8 heteroatoms. The number of amides is 2. The van der Waals surface area contributed by atoms with E-state index in [1.165, 1.54) is 6.07 Å². The van der Waals surface area contributed by atoms with Crippen LogP contribution >= 0.6 is 27.7 Å². The third kappa shape index (κ3) is 5.26. The SMILES string of the molecule is COc1cc(/C=C2\SC(=O)N(Cc3ccccc3F)C2=O)cc(Br)c1OCc1cccc2ccccc12. The second-order valence-corrected chi connectivity index (χ2v) is 10.2. The van der Waals surface area contributed by atoms with Gasteiger partial charge in [0.25, 0.3) is 11.1 Å². The summed E-state index contributed by atoms with van der Waals surface area (Å²) in [6.07, 6.45) is 1.62. The van der Waals surface area contributed by atoms with Crippen LogP contribution in [0.4, 0.5) is 9.18 Å². The van der Waals surface area contributed by atoms with Crippen molar-refractivity contribution >= 4 is 55.7 Å². The van der Waals surface area contributed by atoms with Gasteiger partial charge < -0.3 is 9.47 Å². The zero-order valence-electron chi connectivity index (χ0n) is 19.7. The van der Waals surface area contributed by atoms with Crippen molar-refractivity contribution in [1.82, 2.24) is 4.90 Å². The molecule has 1 aliphatic heterocycles. The van der Waals surface area contributed by atoms with Gasteiger partial charge in [-0.25, -0.2) is 4.39 Å². The van der Waals surface area contributed by atoms with Crippen LogP contribution in [-0.4, -0.2) is 23.2 Å². The van der Waals surface area contributed by atoms with Gasteiger partial charge in [0.2, 0.25) is 0 Å². The van der Waals surface area contributed by atoms with Crippen molar-refractivity contribution < 1.29 is 23.5 Å². The van der Waals surface area contributed by atoms with Crippen LogP contribution in [0, 0.1) is 5.82 Å². The number of ether oxygens (including phenoxy) is 2. The Balaban J connectivity index is 1.37.